The SMILES string of the molecule is CPC1CC=CC=C(c2cc(C)cc(C3=CC(C)(C)C=CC=C3)c2C(C)c2ccccc2N(c2ccccc2)c2ccc(C)cc2)C1. The molecule has 2 aliphatic rings. The predicted octanol–water partition coefficient (Wildman–Crippen LogP) is 12.9. The number of hydrogen-bond acceptors (Lipinski definition) is 1. The molecule has 0 N–H and O–H groups in total. The fourth-order valence-corrected chi connectivity index (χ4v) is 7.87. The molecule has 0 spiro atoms. The number of nitrogens with zero attached hydrogens (tertiary/aromatic N) is 1. The van der Waals surface area contributed by atoms with Gasteiger partial charge in [-0.05, 0) is 108 Å². The summed E-state index contributed by atoms with van der Waals surface area (Å²) in [6, 6.07) is 33.6. The maximum Gasteiger partial charge on any atom is 0.0499 e. The third kappa shape index (κ3) is 7.37. The van der Waals surface area contributed by atoms with Crippen LogP contribution in [0.25, 0.3) is 11.1 Å². The van der Waals surface area contributed by atoms with Crippen LogP contribution in [0, 0.1) is 19.3 Å². The monoisotopic (exact) mass is 633 g/mol. The molecule has 0 saturated heterocycles. The second-order valence-corrected chi connectivity index (χ2v) is 15.1. The first-order valence-corrected chi connectivity index (χ1v) is 18.6. The van der Waals surface area contributed by atoms with Crippen molar-refractivity contribution in [2.24, 2.45) is 5.41 Å². The first-order chi connectivity index (χ1) is 22.7. The van der Waals surface area contributed by atoms with Crippen molar-refractivity contribution < 1.29 is 0 Å². The number of allylic oxidation sites excluding steroid dienone is 10. The Labute approximate surface area is 284 Å². The molecule has 3 unspecified atom stereocenters. The molecule has 0 radical (unpaired) electrons. The van der Waals surface area contributed by atoms with Crippen molar-refractivity contribution in [3.8, 4) is 0 Å². The van der Waals surface area contributed by atoms with Gasteiger partial charge in [-0.15, -0.1) is 8.58 Å². The van der Waals surface area contributed by atoms with Gasteiger partial charge in [0.25, 0.3) is 0 Å². The van der Waals surface area contributed by atoms with E-state index in [4.69, 9.17) is 0 Å². The molecule has 6 rings (SSSR count). The fourth-order valence-electron chi connectivity index (χ4n) is 7.07. The summed E-state index contributed by atoms with van der Waals surface area (Å²) in [7, 11) is 0.920. The first kappa shape index (κ1) is 32.7. The van der Waals surface area contributed by atoms with Gasteiger partial charge in [0.15, 0.2) is 0 Å². The maximum absolute atomic E-state index is 2.46. The highest BCUT2D eigenvalue weighted by Crippen LogP contribution is 2.46. The number of anilines is 3. The Morgan fingerprint density at radius 3 is 2.26 bits per heavy atom. The summed E-state index contributed by atoms with van der Waals surface area (Å²) in [5.74, 6) is 0.123. The van der Waals surface area contributed by atoms with Gasteiger partial charge in [0.1, 0.15) is 0 Å². The second kappa shape index (κ2) is 14.3. The summed E-state index contributed by atoms with van der Waals surface area (Å²) >= 11 is 0. The molecule has 2 heteroatoms. The second-order valence-electron chi connectivity index (χ2n) is 13.7. The third-order valence-corrected chi connectivity index (χ3v) is 10.8. The third-order valence-electron chi connectivity index (χ3n) is 9.53. The minimum absolute atomic E-state index is 0.0462. The van der Waals surface area contributed by atoms with Crippen molar-refractivity contribution in [2.45, 2.75) is 59.0 Å². The lowest BCUT2D eigenvalue weighted by Gasteiger charge is -2.31. The van der Waals surface area contributed by atoms with Crippen LogP contribution in [0.2, 0.25) is 0 Å². The normalized spacial score (nSPS) is 18.0. The van der Waals surface area contributed by atoms with E-state index in [-0.39, 0.29) is 11.3 Å². The standard InChI is InChI=1S/C45H48NP/c1-32-23-25-38(26-24-32)46(37-18-8-7-9-19-37)43-22-13-12-21-40(43)34(3)44-41(35-16-10-11-20-39(30-35)47-6)28-33(2)29-42(44)36-17-14-15-27-45(4,5)31-36/h7-19,21-29,31,34,39,47H,20,30H2,1-6H3. The van der Waals surface area contributed by atoms with Crippen molar-refractivity contribution in [1.29, 1.82) is 0 Å². The molecule has 0 amide bonds. The van der Waals surface area contributed by atoms with E-state index < -0.39 is 0 Å². The Bertz CT molecular complexity index is 1870. The topological polar surface area (TPSA) is 3.24 Å². The number of rotatable bonds is 8. The van der Waals surface area contributed by atoms with Crippen LogP contribution < -0.4 is 4.90 Å². The van der Waals surface area contributed by atoms with Gasteiger partial charge in [0.2, 0.25) is 0 Å². The lowest BCUT2D eigenvalue weighted by molar-refractivity contribution is 0.629. The van der Waals surface area contributed by atoms with Crippen LogP contribution in [-0.4, -0.2) is 12.3 Å². The molecule has 238 valence electrons. The lowest BCUT2D eigenvalue weighted by atomic mass is 9.78. The van der Waals surface area contributed by atoms with E-state index in [1.54, 1.807) is 0 Å². The van der Waals surface area contributed by atoms with Crippen molar-refractivity contribution >= 4 is 36.8 Å². The highest BCUT2D eigenvalue weighted by atomic mass is 31.1. The fraction of sp³-hybridized carbons (Fsp3) is 0.244. The van der Waals surface area contributed by atoms with Crippen LogP contribution in [0.15, 0.2) is 140 Å². The number of benzene rings is 4. The number of hydrogen-bond donors (Lipinski definition) is 0. The Morgan fingerprint density at radius 1 is 0.787 bits per heavy atom. The van der Waals surface area contributed by atoms with Crippen LogP contribution in [0.3, 0.4) is 0 Å². The quantitative estimate of drug-likeness (QED) is 0.175. The lowest BCUT2D eigenvalue weighted by Crippen LogP contribution is -2.15. The van der Waals surface area contributed by atoms with Gasteiger partial charge in [-0.3, -0.25) is 0 Å². The van der Waals surface area contributed by atoms with E-state index >= 15 is 0 Å². The molecule has 0 aliphatic heterocycles. The Balaban J connectivity index is 1.60. The first-order valence-electron chi connectivity index (χ1n) is 17.0. The zero-order chi connectivity index (χ0) is 33.0. The van der Waals surface area contributed by atoms with Gasteiger partial charge in [-0.1, -0.05) is 136 Å². The predicted molar refractivity (Wildman–Crippen MR) is 209 cm³/mol. The smallest absolute Gasteiger partial charge is 0.0499 e. The minimum Gasteiger partial charge on any atom is -0.310 e. The van der Waals surface area contributed by atoms with Crippen LogP contribution in [-0.2, 0) is 0 Å². The van der Waals surface area contributed by atoms with Gasteiger partial charge in [-0.2, -0.15) is 0 Å². The maximum atomic E-state index is 2.46. The van der Waals surface area contributed by atoms with Crippen molar-refractivity contribution in [1.82, 2.24) is 0 Å². The molecule has 3 atom stereocenters. The van der Waals surface area contributed by atoms with Crippen molar-refractivity contribution in [2.75, 3.05) is 11.6 Å². The summed E-state index contributed by atoms with van der Waals surface area (Å²) in [6.07, 6.45) is 20.8. The van der Waals surface area contributed by atoms with Gasteiger partial charge < -0.3 is 4.90 Å². The summed E-state index contributed by atoms with van der Waals surface area (Å²) in [5, 5.41) is 0. The summed E-state index contributed by atoms with van der Waals surface area (Å²) in [4.78, 5) is 2.43. The van der Waals surface area contributed by atoms with Crippen LogP contribution in [0.4, 0.5) is 17.1 Å². The summed E-state index contributed by atoms with van der Waals surface area (Å²) < 4.78 is 0. The average molecular weight is 634 g/mol. The molecule has 0 aromatic heterocycles. The van der Waals surface area contributed by atoms with E-state index in [1.807, 2.05) is 0 Å². The van der Waals surface area contributed by atoms with Crippen LogP contribution in [0.5, 0.6) is 0 Å². The zero-order valence-corrected chi connectivity index (χ0v) is 29.8. The largest absolute Gasteiger partial charge is 0.310 e. The molecule has 4 aromatic carbocycles. The molecule has 2 aliphatic carbocycles. The van der Waals surface area contributed by atoms with Gasteiger partial charge in [-0.25, -0.2) is 0 Å². The molecule has 4 aromatic rings. The van der Waals surface area contributed by atoms with Crippen LogP contribution >= 0.6 is 8.58 Å². The molecule has 0 fully saturated rings. The number of aryl methyl sites for hydroxylation is 2. The van der Waals surface area contributed by atoms with E-state index in [0.29, 0.717) is 5.66 Å². The van der Waals surface area contributed by atoms with Gasteiger partial charge in [0.05, 0.1) is 0 Å². The number of para-hydroxylation sites is 2. The van der Waals surface area contributed by atoms with Crippen molar-refractivity contribution in [3.63, 3.8) is 0 Å². The Hall–Kier alpha value is -4.19. The highest BCUT2D eigenvalue weighted by Gasteiger charge is 2.27. The van der Waals surface area contributed by atoms with E-state index in [0.717, 1.165) is 32.8 Å². The molecule has 0 saturated carbocycles. The van der Waals surface area contributed by atoms with Crippen molar-refractivity contribution in [3.05, 3.63) is 173 Å². The molecule has 0 heterocycles. The van der Waals surface area contributed by atoms with Crippen LogP contribution in [0.1, 0.15) is 72.9 Å². The Kier molecular flexibility index (Phi) is 9.95. The van der Waals surface area contributed by atoms with Gasteiger partial charge in [0, 0.05) is 28.4 Å². The van der Waals surface area contributed by atoms with E-state index in [9.17, 15) is 0 Å². The average Bonchev–Trinajstić information content (AvgIpc) is 3.43. The molecule has 1 nitrogen and oxygen atoms in total. The molecular formula is C45H48NP. The summed E-state index contributed by atoms with van der Waals surface area (Å²) in [6.45, 7) is 13.8. The molecule has 47 heavy (non-hydrogen) atoms. The minimum atomic E-state index is -0.0462. The van der Waals surface area contributed by atoms with Gasteiger partial charge >= 0.3 is 0 Å². The zero-order valence-electron chi connectivity index (χ0n) is 28.8. The van der Waals surface area contributed by atoms with E-state index in [1.165, 1.54) is 50.2 Å². The summed E-state index contributed by atoms with van der Waals surface area (Å²) in [5.41, 5.74) is 14.9. The highest BCUT2D eigenvalue weighted by molar-refractivity contribution is 7.37. The molecular weight excluding hydrogens is 585 g/mol. The Morgan fingerprint density at radius 2 is 1.49 bits per heavy atom. The van der Waals surface area contributed by atoms with E-state index in [2.05, 4.69) is 186 Å². The molecule has 0 bridgehead atoms.